The van der Waals surface area contributed by atoms with Crippen LogP contribution in [0.5, 0.6) is 0 Å². The smallest absolute Gasteiger partial charge is 0.270 e. The Labute approximate surface area is 129 Å². The van der Waals surface area contributed by atoms with Crippen molar-refractivity contribution in [2.75, 3.05) is 0 Å². The van der Waals surface area contributed by atoms with E-state index in [1.54, 1.807) is 11.0 Å². The molecule has 1 fully saturated rings. The molecule has 0 aromatic heterocycles. The van der Waals surface area contributed by atoms with E-state index >= 15 is 0 Å². The standard InChI is InChI=1S/C15H19ClN4O/c16-13-4-2-1-3-10(13)9-20(12-7-11(18)8-12)15(21)14(19)5-6-17/h1-6,11-12,17H,7-9,18-19H2/b14-5-,17-6?. The maximum Gasteiger partial charge on any atom is 0.270 e. The maximum atomic E-state index is 12.4. The van der Waals surface area contributed by atoms with Crippen molar-refractivity contribution in [1.82, 2.24) is 4.90 Å². The quantitative estimate of drug-likeness (QED) is 0.570. The molecule has 21 heavy (non-hydrogen) atoms. The second kappa shape index (κ2) is 6.74. The second-order valence-corrected chi connectivity index (χ2v) is 5.61. The molecule has 6 heteroatoms. The van der Waals surface area contributed by atoms with Crippen molar-refractivity contribution in [2.45, 2.75) is 31.5 Å². The summed E-state index contributed by atoms with van der Waals surface area (Å²) in [5, 5.41) is 7.65. The lowest BCUT2D eigenvalue weighted by Crippen LogP contribution is -2.53. The van der Waals surface area contributed by atoms with Crippen LogP contribution in [0, 0.1) is 5.41 Å². The van der Waals surface area contributed by atoms with E-state index in [-0.39, 0.29) is 23.7 Å². The lowest BCUT2D eigenvalue weighted by Gasteiger charge is -2.41. The van der Waals surface area contributed by atoms with E-state index in [1.807, 2.05) is 18.2 Å². The normalized spacial score (nSPS) is 21.5. The zero-order chi connectivity index (χ0) is 15.4. The molecule has 1 amide bonds. The van der Waals surface area contributed by atoms with Gasteiger partial charge in [0, 0.05) is 29.9 Å². The SMILES string of the molecule is N=C/C=C(\N)C(=O)N(Cc1ccccc1Cl)C1CC(N)C1. The zero-order valence-corrected chi connectivity index (χ0v) is 12.4. The van der Waals surface area contributed by atoms with Gasteiger partial charge in [0.15, 0.2) is 0 Å². The Morgan fingerprint density at radius 2 is 2.10 bits per heavy atom. The first-order valence-corrected chi connectivity index (χ1v) is 7.17. The summed E-state index contributed by atoms with van der Waals surface area (Å²) in [5.74, 6) is -0.282. The fraction of sp³-hybridized carbons (Fsp3) is 0.333. The van der Waals surface area contributed by atoms with Gasteiger partial charge < -0.3 is 21.8 Å². The average Bonchev–Trinajstić information content (AvgIpc) is 2.43. The topological polar surface area (TPSA) is 96.2 Å². The minimum absolute atomic E-state index is 0.0533. The molecular formula is C15H19ClN4O. The Bertz CT molecular complexity index is 567. The van der Waals surface area contributed by atoms with Crippen LogP contribution in [0.2, 0.25) is 5.02 Å². The molecule has 0 spiro atoms. The molecule has 0 heterocycles. The number of nitrogens with two attached hydrogens (primary N) is 2. The van der Waals surface area contributed by atoms with E-state index in [0.29, 0.717) is 11.6 Å². The number of halogens is 1. The Morgan fingerprint density at radius 1 is 1.43 bits per heavy atom. The molecule has 0 saturated heterocycles. The molecule has 0 aliphatic heterocycles. The molecule has 1 saturated carbocycles. The van der Waals surface area contributed by atoms with Gasteiger partial charge in [-0.2, -0.15) is 0 Å². The van der Waals surface area contributed by atoms with Crippen molar-refractivity contribution in [2.24, 2.45) is 11.5 Å². The van der Waals surface area contributed by atoms with Crippen LogP contribution in [0.3, 0.4) is 0 Å². The van der Waals surface area contributed by atoms with E-state index in [4.69, 9.17) is 28.5 Å². The summed E-state index contributed by atoms with van der Waals surface area (Å²) in [5.41, 5.74) is 12.5. The lowest BCUT2D eigenvalue weighted by molar-refractivity contribution is -0.132. The van der Waals surface area contributed by atoms with E-state index in [9.17, 15) is 4.79 Å². The average molecular weight is 307 g/mol. The number of rotatable bonds is 5. The van der Waals surface area contributed by atoms with Crippen molar-refractivity contribution in [3.05, 3.63) is 46.6 Å². The molecule has 5 N–H and O–H groups in total. The summed E-state index contributed by atoms with van der Waals surface area (Å²) >= 11 is 6.16. The molecular weight excluding hydrogens is 288 g/mol. The van der Waals surface area contributed by atoms with Gasteiger partial charge in [0.05, 0.1) is 5.70 Å². The summed E-state index contributed by atoms with van der Waals surface area (Å²) in [6.07, 6.45) is 3.82. The predicted molar refractivity (Wildman–Crippen MR) is 84.1 cm³/mol. The zero-order valence-electron chi connectivity index (χ0n) is 11.6. The van der Waals surface area contributed by atoms with Gasteiger partial charge in [-0.25, -0.2) is 0 Å². The molecule has 0 atom stereocenters. The Hall–Kier alpha value is -1.85. The molecule has 1 aromatic carbocycles. The van der Waals surface area contributed by atoms with Crippen LogP contribution in [0.4, 0.5) is 0 Å². The molecule has 1 aromatic rings. The van der Waals surface area contributed by atoms with Gasteiger partial charge in [-0.15, -0.1) is 0 Å². The van der Waals surface area contributed by atoms with E-state index in [2.05, 4.69) is 0 Å². The summed E-state index contributed by atoms with van der Waals surface area (Å²) in [6.45, 7) is 0.391. The largest absolute Gasteiger partial charge is 0.394 e. The number of carbonyl (C=O) groups excluding carboxylic acids is 1. The molecule has 0 bridgehead atoms. The first kappa shape index (κ1) is 15.5. The van der Waals surface area contributed by atoms with Crippen LogP contribution in [0.1, 0.15) is 18.4 Å². The number of amides is 1. The van der Waals surface area contributed by atoms with Gasteiger partial charge in [-0.1, -0.05) is 29.8 Å². The number of hydrogen-bond acceptors (Lipinski definition) is 4. The van der Waals surface area contributed by atoms with E-state index < -0.39 is 0 Å². The second-order valence-electron chi connectivity index (χ2n) is 5.20. The summed E-state index contributed by atoms with van der Waals surface area (Å²) in [7, 11) is 0. The Balaban J connectivity index is 2.20. The third-order valence-electron chi connectivity index (χ3n) is 3.66. The van der Waals surface area contributed by atoms with E-state index in [0.717, 1.165) is 24.6 Å². The number of hydrogen-bond donors (Lipinski definition) is 3. The molecule has 0 radical (unpaired) electrons. The highest BCUT2D eigenvalue weighted by molar-refractivity contribution is 6.31. The highest BCUT2D eigenvalue weighted by atomic mass is 35.5. The Morgan fingerprint density at radius 3 is 2.67 bits per heavy atom. The van der Waals surface area contributed by atoms with Crippen molar-refractivity contribution >= 4 is 23.7 Å². The van der Waals surface area contributed by atoms with E-state index in [1.165, 1.54) is 6.08 Å². The fourth-order valence-electron chi connectivity index (χ4n) is 2.39. The van der Waals surface area contributed by atoms with Gasteiger partial charge in [-0.05, 0) is 30.5 Å². The van der Waals surface area contributed by atoms with Gasteiger partial charge in [0.1, 0.15) is 0 Å². The maximum absolute atomic E-state index is 12.4. The summed E-state index contributed by atoms with van der Waals surface area (Å²) < 4.78 is 0. The molecule has 1 aliphatic carbocycles. The third-order valence-corrected chi connectivity index (χ3v) is 4.03. The summed E-state index contributed by atoms with van der Waals surface area (Å²) in [4.78, 5) is 14.1. The van der Waals surface area contributed by atoms with Crippen molar-refractivity contribution in [3.63, 3.8) is 0 Å². The number of nitrogens with one attached hydrogen (secondary N) is 1. The van der Waals surface area contributed by atoms with Gasteiger partial charge in [0.25, 0.3) is 5.91 Å². The van der Waals surface area contributed by atoms with Crippen molar-refractivity contribution in [3.8, 4) is 0 Å². The van der Waals surface area contributed by atoms with Crippen LogP contribution in [-0.2, 0) is 11.3 Å². The van der Waals surface area contributed by atoms with Gasteiger partial charge in [-0.3, -0.25) is 4.79 Å². The number of nitrogens with zero attached hydrogens (tertiary/aromatic N) is 1. The van der Waals surface area contributed by atoms with Gasteiger partial charge >= 0.3 is 0 Å². The number of carbonyl (C=O) groups is 1. The highest BCUT2D eigenvalue weighted by Crippen LogP contribution is 2.28. The summed E-state index contributed by atoms with van der Waals surface area (Å²) in [6, 6.07) is 7.61. The monoisotopic (exact) mass is 306 g/mol. The third kappa shape index (κ3) is 3.62. The Kier molecular flexibility index (Phi) is 4.98. The van der Waals surface area contributed by atoms with Crippen LogP contribution >= 0.6 is 11.6 Å². The molecule has 5 nitrogen and oxygen atoms in total. The molecule has 1 aliphatic rings. The fourth-order valence-corrected chi connectivity index (χ4v) is 2.58. The van der Waals surface area contributed by atoms with Gasteiger partial charge in [0.2, 0.25) is 0 Å². The van der Waals surface area contributed by atoms with Crippen molar-refractivity contribution in [1.29, 1.82) is 5.41 Å². The van der Waals surface area contributed by atoms with Crippen LogP contribution in [0.15, 0.2) is 36.0 Å². The lowest BCUT2D eigenvalue weighted by atomic mass is 9.86. The van der Waals surface area contributed by atoms with Crippen LogP contribution < -0.4 is 11.5 Å². The van der Waals surface area contributed by atoms with Crippen LogP contribution in [-0.4, -0.2) is 29.1 Å². The first-order valence-electron chi connectivity index (χ1n) is 6.79. The first-order chi connectivity index (χ1) is 10.0. The molecule has 112 valence electrons. The molecule has 0 unspecified atom stereocenters. The predicted octanol–water partition coefficient (Wildman–Crippen LogP) is 1.65. The number of allylic oxidation sites excluding steroid dienone is 1. The molecule has 2 rings (SSSR count). The van der Waals surface area contributed by atoms with Crippen LogP contribution in [0.25, 0.3) is 0 Å². The number of benzene rings is 1. The highest BCUT2D eigenvalue weighted by Gasteiger charge is 2.34. The minimum Gasteiger partial charge on any atom is -0.394 e. The minimum atomic E-state index is -0.282. The van der Waals surface area contributed by atoms with Crippen molar-refractivity contribution < 1.29 is 4.79 Å².